The standard InChI is InChI=1S/C15H27N3O2S/c1-10(19)16-14(5-6-21-4)15(20)18-8-12-11(7-17(2)3)13(12)9-18/h11-14H,5-9H2,1-4H3,(H,16,19)/t11?,12-,13+,14-/m0/s1. The molecular formula is C15H27N3O2S. The molecule has 1 saturated carbocycles. The summed E-state index contributed by atoms with van der Waals surface area (Å²) in [7, 11) is 4.21. The van der Waals surface area contributed by atoms with Gasteiger partial charge >= 0.3 is 0 Å². The number of nitrogens with one attached hydrogen (secondary N) is 1. The highest BCUT2D eigenvalue weighted by Crippen LogP contribution is 2.51. The van der Waals surface area contributed by atoms with Crippen LogP contribution < -0.4 is 5.32 Å². The van der Waals surface area contributed by atoms with E-state index >= 15 is 0 Å². The van der Waals surface area contributed by atoms with E-state index in [4.69, 9.17) is 0 Å². The Labute approximate surface area is 131 Å². The van der Waals surface area contributed by atoms with Crippen molar-refractivity contribution in [3.8, 4) is 0 Å². The topological polar surface area (TPSA) is 52.7 Å². The van der Waals surface area contributed by atoms with Crippen LogP contribution in [-0.2, 0) is 9.59 Å². The molecule has 6 heteroatoms. The van der Waals surface area contributed by atoms with Crippen LogP contribution in [0.5, 0.6) is 0 Å². The van der Waals surface area contributed by atoms with Crippen molar-refractivity contribution in [2.75, 3.05) is 45.7 Å². The zero-order valence-corrected chi connectivity index (χ0v) is 14.3. The largest absolute Gasteiger partial charge is 0.345 e. The Kier molecular flexibility index (Phi) is 5.54. The maximum atomic E-state index is 12.6. The van der Waals surface area contributed by atoms with Crippen molar-refractivity contribution < 1.29 is 9.59 Å². The minimum atomic E-state index is -0.347. The summed E-state index contributed by atoms with van der Waals surface area (Å²) in [5.41, 5.74) is 0. The summed E-state index contributed by atoms with van der Waals surface area (Å²) in [5, 5.41) is 2.81. The van der Waals surface area contributed by atoms with E-state index in [1.54, 1.807) is 11.8 Å². The van der Waals surface area contributed by atoms with Gasteiger partial charge in [0.15, 0.2) is 0 Å². The first kappa shape index (κ1) is 16.6. The van der Waals surface area contributed by atoms with Gasteiger partial charge in [0, 0.05) is 26.6 Å². The van der Waals surface area contributed by atoms with E-state index < -0.39 is 0 Å². The maximum absolute atomic E-state index is 12.6. The molecule has 0 spiro atoms. The van der Waals surface area contributed by atoms with Crippen molar-refractivity contribution in [2.24, 2.45) is 17.8 Å². The smallest absolute Gasteiger partial charge is 0.245 e. The quantitative estimate of drug-likeness (QED) is 0.744. The molecule has 120 valence electrons. The van der Waals surface area contributed by atoms with E-state index in [1.165, 1.54) is 6.92 Å². The first-order valence-electron chi connectivity index (χ1n) is 7.63. The zero-order valence-electron chi connectivity index (χ0n) is 13.5. The van der Waals surface area contributed by atoms with Gasteiger partial charge in [0.1, 0.15) is 6.04 Å². The van der Waals surface area contributed by atoms with Crippen molar-refractivity contribution >= 4 is 23.6 Å². The lowest BCUT2D eigenvalue weighted by Crippen LogP contribution is -2.48. The van der Waals surface area contributed by atoms with E-state index in [9.17, 15) is 9.59 Å². The van der Waals surface area contributed by atoms with Crippen LogP contribution in [0.3, 0.4) is 0 Å². The van der Waals surface area contributed by atoms with Gasteiger partial charge < -0.3 is 15.1 Å². The fraction of sp³-hybridized carbons (Fsp3) is 0.867. The van der Waals surface area contributed by atoms with Crippen LogP contribution in [0.4, 0.5) is 0 Å². The van der Waals surface area contributed by atoms with E-state index in [-0.39, 0.29) is 17.9 Å². The number of hydrogen-bond donors (Lipinski definition) is 1. The van der Waals surface area contributed by atoms with Gasteiger partial charge in [-0.25, -0.2) is 0 Å². The highest BCUT2D eigenvalue weighted by molar-refractivity contribution is 7.98. The van der Waals surface area contributed by atoms with E-state index in [1.807, 2.05) is 11.2 Å². The highest BCUT2D eigenvalue weighted by Gasteiger charge is 2.56. The predicted molar refractivity (Wildman–Crippen MR) is 86.2 cm³/mol. The van der Waals surface area contributed by atoms with Gasteiger partial charge in [-0.3, -0.25) is 9.59 Å². The summed E-state index contributed by atoms with van der Waals surface area (Å²) in [6, 6.07) is -0.347. The second kappa shape index (κ2) is 7.01. The Bertz CT molecular complexity index is 390. The van der Waals surface area contributed by atoms with Gasteiger partial charge in [-0.05, 0) is 50.3 Å². The molecule has 2 amide bonds. The fourth-order valence-electron chi connectivity index (χ4n) is 3.48. The van der Waals surface area contributed by atoms with E-state index in [0.717, 1.165) is 31.3 Å². The number of likely N-dealkylation sites (tertiary alicyclic amines) is 1. The lowest BCUT2D eigenvalue weighted by Gasteiger charge is -2.26. The fourth-order valence-corrected chi connectivity index (χ4v) is 3.95. The summed E-state index contributed by atoms with van der Waals surface area (Å²) in [6.45, 7) is 4.35. The SMILES string of the molecule is CSCC[C@H](NC(C)=O)C(=O)N1C[C@@H]2C(CN(C)C)[C@@H]2C1. The number of thioether (sulfide) groups is 1. The number of nitrogens with zero attached hydrogens (tertiary/aromatic N) is 2. The van der Waals surface area contributed by atoms with Gasteiger partial charge in [-0.15, -0.1) is 0 Å². The molecule has 1 aliphatic heterocycles. The molecule has 1 saturated heterocycles. The maximum Gasteiger partial charge on any atom is 0.245 e. The number of amides is 2. The molecule has 2 aliphatic rings. The molecule has 0 bridgehead atoms. The third-order valence-corrected chi connectivity index (χ3v) is 5.19. The summed E-state index contributed by atoms with van der Waals surface area (Å²) in [5.74, 6) is 2.99. The van der Waals surface area contributed by atoms with Crippen molar-refractivity contribution in [1.82, 2.24) is 15.1 Å². The normalized spacial score (nSPS) is 28.4. The van der Waals surface area contributed by atoms with Crippen molar-refractivity contribution in [2.45, 2.75) is 19.4 Å². The van der Waals surface area contributed by atoms with Crippen LogP contribution in [0, 0.1) is 17.8 Å². The molecule has 2 rings (SSSR count). The number of carbonyl (C=O) groups is 2. The molecule has 1 aliphatic carbocycles. The minimum Gasteiger partial charge on any atom is -0.345 e. The molecule has 1 unspecified atom stereocenters. The van der Waals surface area contributed by atoms with Crippen molar-refractivity contribution in [1.29, 1.82) is 0 Å². The molecule has 5 nitrogen and oxygen atoms in total. The van der Waals surface area contributed by atoms with Gasteiger partial charge in [0.05, 0.1) is 0 Å². The second-order valence-electron chi connectivity index (χ2n) is 6.53. The summed E-state index contributed by atoms with van der Waals surface area (Å²) in [4.78, 5) is 28.1. The third-order valence-electron chi connectivity index (χ3n) is 4.55. The average molecular weight is 313 g/mol. The Morgan fingerprint density at radius 2 is 1.95 bits per heavy atom. The lowest BCUT2D eigenvalue weighted by molar-refractivity contribution is -0.135. The average Bonchev–Trinajstić information content (AvgIpc) is 2.87. The molecule has 0 radical (unpaired) electrons. The number of hydrogen-bond acceptors (Lipinski definition) is 4. The summed E-state index contributed by atoms with van der Waals surface area (Å²) in [6.07, 6.45) is 2.73. The van der Waals surface area contributed by atoms with E-state index in [2.05, 4.69) is 24.3 Å². The molecule has 1 N–H and O–H groups in total. The van der Waals surface area contributed by atoms with Gasteiger partial charge in [-0.1, -0.05) is 0 Å². The van der Waals surface area contributed by atoms with E-state index in [0.29, 0.717) is 18.3 Å². The monoisotopic (exact) mass is 313 g/mol. The predicted octanol–water partition coefficient (Wildman–Crippen LogP) is 0.510. The zero-order chi connectivity index (χ0) is 15.6. The number of carbonyl (C=O) groups excluding carboxylic acids is 2. The number of rotatable bonds is 7. The Morgan fingerprint density at radius 3 is 2.43 bits per heavy atom. The second-order valence-corrected chi connectivity index (χ2v) is 7.52. The van der Waals surface area contributed by atoms with Crippen LogP contribution in [0.2, 0.25) is 0 Å². The molecule has 0 aromatic rings. The first-order valence-corrected chi connectivity index (χ1v) is 9.03. The highest BCUT2D eigenvalue weighted by atomic mass is 32.2. The number of piperidine rings is 1. The van der Waals surface area contributed by atoms with Crippen molar-refractivity contribution in [3.05, 3.63) is 0 Å². The van der Waals surface area contributed by atoms with Crippen LogP contribution in [0.15, 0.2) is 0 Å². The first-order chi connectivity index (χ1) is 9.93. The van der Waals surface area contributed by atoms with Crippen LogP contribution >= 0.6 is 11.8 Å². The molecule has 1 heterocycles. The summed E-state index contributed by atoms with van der Waals surface area (Å²) < 4.78 is 0. The molecule has 0 aromatic heterocycles. The molecule has 2 fully saturated rings. The molecule has 0 aromatic carbocycles. The third kappa shape index (κ3) is 4.13. The van der Waals surface area contributed by atoms with Gasteiger partial charge in [0.25, 0.3) is 0 Å². The Morgan fingerprint density at radius 1 is 1.33 bits per heavy atom. The molecule has 21 heavy (non-hydrogen) atoms. The lowest BCUT2D eigenvalue weighted by atomic mass is 10.1. The Hall–Kier alpha value is -0.750. The van der Waals surface area contributed by atoms with Gasteiger partial charge in [-0.2, -0.15) is 11.8 Å². The van der Waals surface area contributed by atoms with Crippen molar-refractivity contribution in [3.63, 3.8) is 0 Å². The van der Waals surface area contributed by atoms with Crippen LogP contribution in [0.1, 0.15) is 13.3 Å². The summed E-state index contributed by atoms with van der Waals surface area (Å²) >= 11 is 1.71. The van der Waals surface area contributed by atoms with Gasteiger partial charge in [0.2, 0.25) is 11.8 Å². The van der Waals surface area contributed by atoms with Crippen LogP contribution in [0.25, 0.3) is 0 Å². The molecule has 4 atom stereocenters. The Balaban J connectivity index is 1.84. The van der Waals surface area contributed by atoms with Crippen LogP contribution in [-0.4, -0.2) is 73.4 Å². The minimum absolute atomic E-state index is 0.107. The molecular weight excluding hydrogens is 286 g/mol. The number of fused-ring (bicyclic) bond motifs is 1.